The van der Waals surface area contributed by atoms with E-state index in [0.717, 1.165) is 12.5 Å². The molecule has 1 saturated carbocycles. The van der Waals surface area contributed by atoms with Gasteiger partial charge in [0.2, 0.25) is 0 Å². The molecule has 1 atom stereocenters. The Morgan fingerprint density at radius 2 is 1.81 bits per heavy atom. The third-order valence-corrected chi connectivity index (χ3v) is 4.00. The average molecular weight is 281 g/mol. The van der Waals surface area contributed by atoms with Gasteiger partial charge in [-0.1, -0.05) is 22.0 Å². The lowest BCUT2D eigenvalue weighted by Gasteiger charge is -2.23. The molecule has 1 aromatic carbocycles. The fraction of sp³-hybridized carbons (Fsp3) is 0.571. The number of halogens is 1. The summed E-state index contributed by atoms with van der Waals surface area (Å²) < 4.78 is 7.06. The van der Waals surface area contributed by atoms with E-state index in [0.29, 0.717) is 6.10 Å². The fourth-order valence-corrected chi connectivity index (χ4v) is 3.01. The normalized spacial score (nSPS) is 25.7. The first kappa shape index (κ1) is 10.8. The second kappa shape index (κ2) is 4.50. The molecule has 0 N–H and O–H groups in total. The van der Waals surface area contributed by atoms with Gasteiger partial charge in [-0.2, -0.15) is 0 Å². The summed E-state index contributed by atoms with van der Waals surface area (Å²) in [5.41, 5.74) is 2.87. The zero-order valence-electron chi connectivity index (χ0n) is 9.42. The first-order valence-electron chi connectivity index (χ1n) is 6.25. The lowest BCUT2D eigenvalue weighted by molar-refractivity contribution is 0.0149. The Balaban J connectivity index is 1.86. The molecule has 16 heavy (non-hydrogen) atoms. The topological polar surface area (TPSA) is 9.23 Å². The molecule has 2 fully saturated rings. The molecule has 1 aliphatic heterocycles. The zero-order valence-corrected chi connectivity index (χ0v) is 11.0. The predicted octanol–water partition coefficient (Wildman–Crippen LogP) is 4.57. The molecule has 1 aromatic rings. The summed E-state index contributed by atoms with van der Waals surface area (Å²) in [6.07, 6.45) is 6.77. The molecule has 0 amide bonds. The molecule has 0 spiro atoms. The van der Waals surface area contributed by atoms with Crippen LogP contribution in [0.4, 0.5) is 0 Å². The molecule has 3 rings (SSSR count). The van der Waals surface area contributed by atoms with Crippen LogP contribution in [0.2, 0.25) is 0 Å². The Bertz CT molecular complexity index is 378. The van der Waals surface area contributed by atoms with Gasteiger partial charge in [-0.3, -0.25) is 0 Å². The number of rotatable bonds is 2. The number of hydrogen-bond donors (Lipinski definition) is 0. The van der Waals surface area contributed by atoms with Crippen molar-refractivity contribution in [2.24, 2.45) is 0 Å². The number of hydrogen-bond acceptors (Lipinski definition) is 1. The second-order valence-electron chi connectivity index (χ2n) is 4.95. The van der Waals surface area contributed by atoms with Gasteiger partial charge < -0.3 is 4.74 Å². The van der Waals surface area contributed by atoms with Crippen molar-refractivity contribution in [2.75, 3.05) is 6.61 Å². The first-order valence-corrected chi connectivity index (χ1v) is 7.04. The van der Waals surface area contributed by atoms with Crippen LogP contribution in [-0.4, -0.2) is 6.61 Å². The third-order valence-electron chi connectivity index (χ3n) is 3.54. The van der Waals surface area contributed by atoms with E-state index in [4.69, 9.17) is 4.74 Å². The standard InChI is InChI=1S/C14H17BrO/c15-13-8-11(10-4-5-10)7-12(9-13)14-3-1-2-6-16-14/h7-10,14H,1-6H2. The molecule has 1 saturated heterocycles. The Hall–Kier alpha value is -0.340. The summed E-state index contributed by atoms with van der Waals surface area (Å²) in [6.45, 7) is 0.927. The molecule has 1 heterocycles. The molecule has 1 aliphatic carbocycles. The molecule has 1 unspecified atom stereocenters. The van der Waals surface area contributed by atoms with Crippen molar-refractivity contribution in [3.8, 4) is 0 Å². The van der Waals surface area contributed by atoms with Crippen molar-refractivity contribution in [2.45, 2.75) is 44.1 Å². The van der Waals surface area contributed by atoms with Crippen molar-refractivity contribution >= 4 is 15.9 Å². The van der Waals surface area contributed by atoms with E-state index in [1.54, 1.807) is 0 Å². The summed E-state index contributed by atoms with van der Waals surface area (Å²) in [4.78, 5) is 0. The molecular formula is C14H17BrO. The van der Waals surface area contributed by atoms with E-state index < -0.39 is 0 Å². The summed E-state index contributed by atoms with van der Waals surface area (Å²) in [5.74, 6) is 0.819. The van der Waals surface area contributed by atoms with E-state index in [1.807, 2.05) is 0 Å². The third kappa shape index (κ3) is 2.33. The van der Waals surface area contributed by atoms with Crippen molar-refractivity contribution < 1.29 is 4.74 Å². The van der Waals surface area contributed by atoms with Crippen LogP contribution >= 0.6 is 15.9 Å². The zero-order chi connectivity index (χ0) is 11.0. The molecule has 2 aliphatic rings. The van der Waals surface area contributed by atoms with Crippen LogP contribution in [0.25, 0.3) is 0 Å². The minimum atomic E-state index is 0.337. The van der Waals surface area contributed by atoms with E-state index in [2.05, 4.69) is 34.1 Å². The lowest BCUT2D eigenvalue weighted by Crippen LogP contribution is -2.11. The predicted molar refractivity (Wildman–Crippen MR) is 68.7 cm³/mol. The molecule has 2 heteroatoms. The summed E-state index contributed by atoms with van der Waals surface area (Å²) >= 11 is 3.62. The Morgan fingerprint density at radius 1 is 1.00 bits per heavy atom. The average Bonchev–Trinajstić information content (AvgIpc) is 3.13. The molecule has 0 radical (unpaired) electrons. The number of ether oxygens (including phenoxy) is 1. The largest absolute Gasteiger partial charge is 0.374 e. The highest BCUT2D eigenvalue weighted by atomic mass is 79.9. The lowest BCUT2D eigenvalue weighted by atomic mass is 9.98. The quantitative estimate of drug-likeness (QED) is 0.771. The summed E-state index contributed by atoms with van der Waals surface area (Å²) in [6, 6.07) is 6.85. The Morgan fingerprint density at radius 3 is 2.50 bits per heavy atom. The van der Waals surface area contributed by atoms with E-state index >= 15 is 0 Å². The Labute approximate surface area is 105 Å². The van der Waals surface area contributed by atoms with Gasteiger partial charge in [0.25, 0.3) is 0 Å². The molecule has 0 aromatic heterocycles. The van der Waals surface area contributed by atoms with Crippen LogP contribution in [0.1, 0.15) is 55.3 Å². The molecular weight excluding hydrogens is 264 g/mol. The van der Waals surface area contributed by atoms with E-state index in [1.165, 1.54) is 47.7 Å². The van der Waals surface area contributed by atoms with Gasteiger partial charge in [0.15, 0.2) is 0 Å². The number of benzene rings is 1. The van der Waals surface area contributed by atoms with Crippen molar-refractivity contribution in [3.05, 3.63) is 33.8 Å². The van der Waals surface area contributed by atoms with Gasteiger partial charge in [-0.05, 0) is 61.3 Å². The van der Waals surface area contributed by atoms with Crippen LogP contribution in [0.3, 0.4) is 0 Å². The van der Waals surface area contributed by atoms with Gasteiger partial charge in [0.1, 0.15) is 0 Å². The van der Waals surface area contributed by atoms with Gasteiger partial charge in [0, 0.05) is 11.1 Å². The molecule has 1 nitrogen and oxygen atoms in total. The van der Waals surface area contributed by atoms with Crippen LogP contribution in [-0.2, 0) is 4.74 Å². The monoisotopic (exact) mass is 280 g/mol. The molecule has 86 valence electrons. The van der Waals surface area contributed by atoms with Gasteiger partial charge in [-0.25, -0.2) is 0 Å². The van der Waals surface area contributed by atoms with Crippen LogP contribution in [0.5, 0.6) is 0 Å². The summed E-state index contributed by atoms with van der Waals surface area (Å²) in [7, 11) is 0. The second-order valence-corrected chi connectivity index (χ2v) is 5.86. The van der Waals surface area contributed by atoms with Gasteiger partial charge in [0.05, 0.1) is 6.10 Å². The van der Waals surface area contributed by atoms with Crippen molar-refractivity contribution in [1.29, 1.82) is 0 Å². The van der Waals surface area contributed by atoms with Gasteiger partial charge >= 0.3 is 0 Å². The SMILES string of the molecule is Brc1cc(C2CC2)cc(C2CCCCO2)c1. The maximum absolute atomic E-state index is 5.85. The van der Waals surface area contributed by atoms with E-state index in [9.17, 15) is 0 Å². The minimum Gasteiger partial charge on any atom is -0.374 e. The highest BCUT2D eigenvalue weighted by Gasteiger charge is 2.25. The molecule has 0 bridgehead atoms. The fourth-order valence-electron chi connectivity index (χ4n) is 2.48. The van der Waals surface area contributed by atoms with E-state index in [-0.39, 0.29) is 0 Å². The van der Waals surface area contributed by atoms with Crippen LogP contribution in [0, 0.1) is 0 Å². The van der Waals surface area contributed by atoms with Gasteiger partial charge in [-0.15, -0.1) is 0 Å². The smallest absolute Gasteiger partial charge is 0.0825 e. The highest BCUT2D eigenvalue weighted by molar-refractivity contribution is 9.10. The Kier molecular flexibility index (Phi) is 3.03. The first-order chi connectivity index (χ1) is 7.83. The van der Waals surface area contributed by atoms with Crippen LogP contribution < -0.4 is 0 Å². The van der Waals surface area contributed by atoms with Crippen LogP contribution in [0.15, 0.2) is 22.7 Å². The summed E-state index contributed by atoms with van der Waals surface area (Å²) in [5, 5.41) is 0. The maximum atomic E-state index is 5.85. The van der Waals surface area contributed by atoms with Crippen molar-refractivity contribution in [1.82, 2.24) is 0 Å². The maximum Gasteiger partial charge on any atom is 0.0825 e. The van der Waals surface area contributed by atoms with Crippen molar-refractivity contribution in [3.63, 3.8) is 0 Å². The minimum absolute atomic E-state index is 0.337. The highest BCUT2D eigenvalue weighted by Crippen LogP contribution is 2.42.